The van der Waals surface area contributed by atoms with E-state index in [9.17, 15) is 14.4 Å². The highest BCUT2D eigenvalue weighted by atomic mass is 32.1. The van der Waals surface area contributed by atoms with Crippen LogP contribution in [0.4, 0.5) is 5.00 Å². The number of hydrogen-bond acceptors (Lipinski definition) is 7. The number of ether oxygens (including phenoxy) is 3. The van der Waals surface area contributed by atoms with Gasteiger partial charge in [-0.05, 0) is 51.5 Å². The van der Waals surface area contributed by atoms with Gasteiger partial charge in [0, 0.05) is 11.5 Å². The number of thiophene rings is 1. The molecule has 27 heavy (non-hydrogen) atoms. The molecular formula is C19H25NO6S. The van der Waals surface area contributed by atoms with Gasteiger partial charge in [0.1, 0.15) is 11.1 Å². The standard InChI is InChI=1S/C19H25NO6S/c1-3-24-18(22)11-7-5-9-13-14(11)15(19(23)25-4-2)17(27-13)20-16(21)12-8-6-10-26-12/h11-12H,3-10H2,1-2H3,(H,20,21). The fourth-order valence-corrected chi connectivity index (χ4v) is 4.90. The molecule has 3 rings (SSSR count). The van der Waals surface area contributed by atoms with Crippen LogP contribution in [0, 0.1) is 0 Å². The number of esters is 2. The molecule has 7 nitrogen and oxygen atoms in total. The summed E-state index contributed by atoms with van der Waals surface area (Å²) in [6, 6.07) is 0. The normalized spacial score (nSPS) is 21.4. The number of fused-ring (bicyclic) bond motifs is 1. The summed E-state index contributed by atoms with van der Waals surface area (Å²) in [6.07, 6.45) is 3.22. The lowest BCUT2D eigenvalue weighted by molar-refractivity contribution is -0.145. The lowest BCUT2D eigenvalue weighted by Gasteiger charge is -2.22. The number of rotatable bonds is 6. The third kappa shape index (κ3) is 4.16. The predicted octanol–water partition coefficient (Wildman–Crippen LogP) is 3.03. The molecule has 1 aromatic heterocycles. The first-order chi connectivity index (χ1) is 13.1. The minimum Gasteiger partial charge on any atom is -0.466 e. The SMILES string of the molecule is CCOC(=O)c1c(NC(=O)C2CCCO2)sc2c1C(C(=O)OCC)CCC2. The lowest BCUT2D eigenvalue weighted by Crippen LogP contribution is -2.27. The first-order valence-corrected chi connectivity index (χ1v) is 10.3. The summed E-state index contributed by atoms with van der Waals surface area (Å²) in [6.45, 7) is 4.55. The highest BCUT2D eigenvalue weighted by Gasteiger charge is 2.37. The van der Waals surface area contributed by atoms with Crippen LogP contribution in [-0.4, -0.2) is 43.8 Å². The van der Waals surface area contributed by atoms with Crippen molar-refractivity contribution < 1.29 is 28.6 Å². The molecule has 2 heterocycles. The number of hydrogen-bond donors (Lipinski definition) is 1. The van der Waals surface area contributed by atoms with Crippen LogP contribution in [-0.2, 0) is 30.2 Å². The number of amides is 1. The van der Waals surface area contributed by atoms with Gasteiger partial charge in [-0.2, -0.15) is 0 Å². The van der Waals surface area contributed by atoms with Gasteiger partial charge < -0.3 is 19.5 Å². The molecule has 148 valence electrons. The van der Waals surface area contributed by atoms with Gasteiger partial charge in [0.15, 0.2) is 0 Å². The molecule has 0 radical (unpaired) electrons. The van der Waals surface area contributed by atoms with E-state index in [2.05, 4.69) is 5.32 Å². The Morgan fingerprint density at radius 2 is 1.93 bits per heavy atom. The van der Waals surface area contributed by atoms with E-state index in [4.69, 9.17) is 14.2 Å². The Morgan fingerprint density at radius 1 is 1.15 bits per heavy atom. The van der Waals surface area contributed by atoms with Crippen molar-refractivity contribution in [3.8, 4) is 0 Å². The van der Waals surface area contributed by atoms with E-state index >= 15 is 0 Å². The molecule has 1 saturated heterocycles. The van der Waals surface area contributed by atoms with Crippen LogP contribution in [0.25, 0.3) is 0 Å². The number of anilines is 1. The van der Waals surface area contributed by atoms with Gasteiger partial charge in [-0.15, -0.1) is 11.3 Å². The van der Waals surface area contributed by atoms with E-state index in [0.717, 1.165) is 24.1 Å². The molecule has 1 aliphatic heterocycles. The van der Waals surface area contributed by atoms with Crippen molar-refractivity contribution in [1.29, 1.82) is 0 Å². The van der Waals surface area contributed by atoms with Gasteiger partial charge in [0.2, 0.25) is 0 Å². The highest BCUT2D eigenvalue weighted by molar-refractivity contribution is 7.17. The van der Waals surface area contributed by atoms with E-state index in [-0.39, 0.29) is 25.1 Å². The maximum Gasteiger partial charge on any atom is 0.341 e. The van der Waals surface area contributed by atoms with Gasteiger partial charge in [-0.3, -0.25) is 9.59 Å². The second-order valence-corrected chi connectivity index (χ2v) is 7.66. The number of aryl methyl sites for hydroxylation is 1. The monoisotopic (exact) mass is 395 g/mol. The number of nitrogens with one attached hydrogen (secondary N) is 1. The molecular weight excluding hydrogens is 370 g/mol. The summed E-state index contributed by atoms with van der Waals surface area (Å²) < 4.78 is 15.9. The van der Waals surface area contributed by atoms with Crippen molar-refractivity contribution in [2.75, 3.05) is 25.1 Å². The summed E-state index contributed by atoms with van der Waals surface area (Å²) in [5.74, 6) is -1.62. The van der Waals surface area contributed by atoms with Gasteiger partial charge in [0.05, 0.1) is 24.7 Å². The molecule has 1 fully saturated rings. The van der Waals surface area contributed by atoms with Crippen LogP contribution in [0.1, 0.15) is 66.2 Å². The summed E-state index contributed by atoms with van der Waals surface area (Å²) >= 11 is 1.35. The van der Waals surface area contributed by atoms with E-state index < -0.39 is 18.0 Å². The van der Waals surface area contributed by atoms with Gasteiger partial charge in [-0.25, -0.2) is 4.79 Å². The third-order valence-corrected chi connectivity index (χ3v) is 5.96. The zero-order chi connectivity index (χ0) is 19.4. The smallest absolute Gasteiger partial charge is 0.341 e. The molecule has 1 aliphatic carbocycles. The Morgan fingerprint density at radius 3 is 2.59 bits per heavy atom. The van der Waals surface area contributed by atoms with Crippen molar-refractivity contribution in [2.24, 2.45) is 0 Å². The van der Waals surface area contributed by atoms with Gasteiger partial charge in [-0.1, -0.05) is 0 Å². The average Bonchev–Trinajstić information content (AvgIpc) is 3.29. The third-order valence-electron chi connectivity index (χ3n) is 4.78. The topological polar surface area (TPSA) is 90.9 Å². The highest BCUT2D eigenvalue weighted by Crippen LogP contribution is 2.44. The summed E-state index contributed by atoms with van der Waals surface area (Å²) in [5.41, 5.74) is 0.951. The molecule has 0 spiro atoms. The fraction of sp³-hybridized carbons (Fsp3) is 0.632. The van der Waals surface area contributed by atoms with E-state index in [1.807, 2.05) is 0 Å². The minimum absolute atomic E-state index is 0.215. The Hall–Kier alpha value is -1.93. The van der Waals surface area contributed by atoms with Crippen LogP contribution in [0.3, 0.4) is 0 Å². The van der Waals surface area contributed by atoms with Crippen LogP contribution in [0.5, 0.6) is 0 Å². The zero-order valence-corrected chi connectivity index (χ0v) is 16.5. The van der Waals surface area contributed by atoms with E-state index in [0.29, 0.717) is 35.6 Å². The van der Waals surface area contributed by atoms with Gasteiger partial charge in [0.25, 0.3) is 5.91 Å². The first kappa shape index (κ1) is 19.8. The molecule has 2 atom stereocenters. The number of carbonyl (C=O) groups is 3. The zero-order valence-electron chi connectivity index (χ0n) is 15.7. The van der Waals surface area contributed by atoms with Crippen LogP contribution < -0.4 is 5.32 Å². The quantitative estimate of drug-likeness (QED) is 0.745. The van der Waals surface area contributed by atoms with Crippen molar-refractivity contribution in [3.63, 3.8) is 0 Å². The molecule has 1 aromatic rings. The molecule has 0 bridgehead atoms. The fourth-order valence-electron chi connectivity index (χ4n) is 3.61. The second kappa shape index (κ2) is 8.84. The molecule has 1 N–H and O–H groups in total. The first-order valence-electron chi connectivity index (χ1n) is 9.48. The summed E-state index contributed by atoms with van der Waals surface area (Å²) in [5, 5.41) is 3.28. The Balaban J connectivity index is 1.97. The van der Waals surface area contributed by atoms with Crippen molar-refractivity contribution in [1.82, 2.24) is 0 Å². The molecule has 2 unspecified atom stereocenters. The number of carbonyl (C=O) groups excluding carboxylic acids is 3. The Bertz CT molecular complexity index is 722. The molecule has 1 amide bonds. The van der Waals surface area contributed by atoms with Crippen LogP contribution in [0.2, 0.25) is 0 Å². The van der Waals surface area contributed by atoms with E-state index in [1.54, 1.807) is 13.8 Å². The molecule has 0 aromatic carbocycles. The average molecular weight is 395 g/mol. The molecule has 0 saturated carbocycles. The maximum absolute atomic E-state index is 12.7. The molecule has 8 heteroatoms. The lowest BCUT2D eigenvalue weighted by atomic mass is 9.85. The molecule has 2 aliphatic rings. The second-order valence-electron chi connectivity index (χ2n) is 6.55. The predicted molar refractivity (Wildman–Crippen MR) is 100 cm³/mol. The maximum atomic E-state index is 12.7. The van der Waals surface area contributed by atoms with Crippen molar-refractivity contribution in [3.05, 3.63) is 16.0 Å². The Kier molecular flexibility index (Phi) is 6.49. The van der Waals surface area contributed by atoms with Crippen LogP contribution in [0.15, 0.2) is 0 Å². The van der Waals surface area contributed by atoms with Crippen LogP contribution >= 0.6 is 11.3 Å². The van der Waals surface area contributed by atoms with E-state index in [1.165, 1.54) is 11.3 Å². The summed E-state index contributed by atoms with van der Waals surface area (Å²) in [4.78, 5) is 38.6. The summed E-state index contributed by atoms with van der Waals surface area (Å²) in [7, 11) is 0. The van der Waals surface area contributed by atoms with Crippen molar-refractivity contribution in [2.45, 2.75) is 58.0 Å². The van der Waals surface area contributed by atoms with Gasteiger partial charge >= 0.3 is 11.9 Å². The van der Waals surface area contributed by atoms with Crippen molar-refractivity contribution >= 4 is 34.2 Å². The Labute approximate surface area is 162 Å². The minimum atomic E-state index is -0.520. The largest absolute Gasteiger partial charge is 0.466 e.